The van der Waals surface area contributed by atoms with Gasteiger partial charge in [0.1, 0.15) is 11.2 Å². The van der Waals surface area contributed by atoms with Gasteiger partial charge in [-0.3, -0.25) is 0 Å². The van der Waals surface area contributed by atoms with Crippen LogP contribution in [0, 0.1) is 0 Å². The molecule has 0 saturated carbocycles. The van der Waals surface area contributed by atoms with E-state index < -0.39 is 0 Å². The van der Waals surface area contributed by atoms with Crippen molar-refractivity contribution < 1.29 is 4.42 Å². The molecule has 3 nitrogen and oxygen atoms in total. The van der Waals surface area contributed by atoms with E-state index in [2.05, 4.69) is 193 Å². The van der Waals surface area contributed by atoms with Crippen LogP contribution in [0.4, 0.5) is 0 Å². The molecule has 3 heteroatoms. The first kappa shape index (κ1) is 32.0. The Hall–Kier alpha value is -7.49. The molecule has 0 radical (unpaired) electrons. The molecule has 11 aromatic rings. The molecule has 0 spiro atoms. The van der Waals surface area contributed by atoms with Crippen LogP contribution in [-0.2, 0) is 0 Å². The number of pyridine rings is 1. The van der Waals surface area contributed by atoms with Gasteiger partial charge < -0.3 is 8.98 Å². The summed E-state index contributed by atoms with van der Waals surface area (Å²) < 4.78 is 8.96. The van der Waals surface area contributed by atoms with Gasteiger partial charge in [-0.15, -0.1) is 0 Å². The Morgan fingerprint density at radius 3 is 1.79 bits per heavy atom. The highest BCUT2D eigenvalue weighted by Crippen LogP contribution is 2.42. The number of rotatable bonds is 6. The van der Waals surface area contributed by atoms with Crippen molar-refractivity contribution in [3.63, 3.8) is 0 Å². The summed E-state index contributed by atoms with van der Waals surface area (Å²) in [6, 6.07) is 73.2. The predicted molar refractivity (Wildman–Crippen MR) is 233 cm³/mol. The Kier molecular flexibility index (Phi) is 7.49. The SMILES string of the molecule is c1ccc(-c2cc(-c3ccccc3)nc(-c3ccccc3-c3ccc4c(c3)c3ccccc3n4-c3ccccc3-c3cccc4c3oc3ccccc34)c2)cc1. The second kappa shape index (κ2) is 13.1. The van der Waals surface area contributed by atoms with Gasteiger partial charge in [0.05, 0.1) is 28.1 Å². The number of hydrogen-bond acceptors (Lipinski definition) is 2. The monoisotopic (exact) mass is 714 g/mol. The molecular formula is C53H34N2O. The van der Waals surface area contributed by atoms with Crippen molar-refractivity contribution in [3.8, 4) is 61.6 Å². The quantitative estimate of drug-likeness (QED) is 0.172. The van der Waals surface area contributed by atoms with Crippen molar-refractivity contribution in [1.29, 1.82) is 0 Å². The Morgan fingerprint density at radius 1 is 0.339 bits per heavy atom. The van der Waals surface area contributed by atoms with Crippen LogP contribution in [0.15, 0.2) is 211 Å². The van der Waals surface area contributed by atoms with Gasteiger partial charge in [-0.2, -0.15) is 0 Å². The normalized spacial score (nSPS) is 11.6. The first-order valence-electron chi connectivity index (χ1n) is 19.0. The van der Waals surface area contributed by atoms with Gasteiger partial charge >= 0.3 is 0 Å². The van der Waals surface area contributed by atoms with Crippen LogP contribution < -0.4 is 0 Å². The molecule has 0 aliphatic heterocycles. The summed E-state index contributed by atoms with van der Waals surface area (Å²) in [5, 5.41) is 4.65. The lowest BCUT2D eigenvalue weighted by molar-refractivity contribution is 0.670. The third-order valence-electron chi connectivity index (χ3n) is 11.0. The van der Waals surface area contributed by atoms with Gasteiger partial charge in [0.2, 0.25) is 0 Å². The zero-order valence-electron chi connectivity index (χ0n) is 30.4. The van der Waals surface area contributed by atoms with Crippen LogP contribution in [0.2, 0.25) is 0 Å². The lowest BCUT2D eigenvalue weighted by Gasteiger charge is -2.15. The van der Waals surface area contributed by atoms with E-state index >= 15 is 0 Å². The molecule has 262 valence electrons. The molecule has 56 heavy (non-hydrogen) atoms. The molecule has 0 aliphatic carbocycles. The van der Waals surface area contributed by atoms with Crippen molar-refractivity contribution in [3.05, 3.63) is 206 Å². The van der Waals surface area contributed by atoms with Crippen LogP contribution in [-0.4, -0.2) is 9.55 Å². The molecule has 11 rings (SSSR count). The van der Waals surface area contributed by atoms with E-state index in [0.717, 1.165) is 94.6 Å². The second-order valence-electron chi connectivity index (χ2n) is 14.3. The molecule has 0 atom stereocenters. The molecule has 3 heterocycles. The van der Waals surface area contributed by atoms with E-state index in [0.29, 0.717) is 0 Å². The third-order valence-corrected chi connectivity index (χ3v) is 11.0. The van der Waals surface area contributed by atoms with Gasteiger partial charge in [0.25, 0.3) is 0 Å². The van der Waals surface area contributed by atoms with Gasteiger partial charge in [0, 0.05) is 43.8 Å². The molecule has 0 amide bonds. The lowest BCUT2D eigenvalue weighted by Crippen LogP contribution is -1.97. The molecule has 0 bridgehead atoms. The highest BCUT2D eigenvalue weighted by Gasteiger charge is 2.20. The summed E-state index contributed by atoms with van der Waals surface area (Å²) in [7, 11) is 0. The first-order chi connectivity index (χ1) is 27.8. The first-order valence-corrected chi connectivity index (χ1v) is 19.0. The Labute approximate surface area is 324 Å². The minimum Gasteiger partial charge on any atom is -0.455 e. The topological polar surface area (TPSA) is 31.0 Å². The fourth-order valence-corrected chi connectivity index (χ4v) is 8.44. The summed E-state index contributed by atoms with van der Waals surface area (Å²) >= 11 is 0. The van der Waals surface area contributed by atoms with Crippen molar-refractivity contribution in [1.82, 2.24) is 9.55 Å². The van der Waals surface area contributed by atoms with Crippen molar-refractivity contribution in [2.24, 2.45) is 0 Å². The number of aromatic nitrogens is 2. The lowest BCUT2D eigenvalue weighted by atomic mass is 9.94. The molecule has 0 aliphatic rings. The van der Waals surface area contributed by atoms with Crippen molar-refractivity contribution in [2.75, 3.05) is 0 Å². The summed E-state index contributed by atoms with van der Waals surface area (Å²) in [4.78, 5) is 5.30. The molecule has 8 aromatic carbocycles. The average molecular weight is 715 g/mol. The number of fused-ring (bicyclic) bond motifs is 6. The molecule has 0 N–H and O–H groups in total. The molecular weight excluding hydrogens is 681 g/mol. The van der Waals surface area contributed by atoms with E-state index in [4.69, 9.17) is 9.40 Å². The number of para-hydroxylation sites is 4. The Bertz CT molecular complexity index is 3190. The Balaban J connectivity index is 1.10. The highest BCUT2D eigenvalue weighted by molar-refractivity contribution is 6.13. The van der Waals surface area contributed by atoms with Gasteiger partial charge in [-0.1, -0.05) is 164 Å². The molecule has 0 unspecified atom stereocenters. The standard InChI is InChI=1S/C53H34N2O/c1-3-16-35(17-4-1)38-33-47(36-18-5-2-6-19-36)54-48(34-38)40-21-8-7-20-39(40)37-30-31-51-46(32-37)42-23-10-13-28-50(42)55(51)49-27-12-9-22-41(49)44-25-15-26-45-43-24-11-14-29-52(43)56-53(44)45/h1-34H. The summed E-state index contributed by atoms with van der Waals surface area (Å²) in [6.07, 6.45) is 0. The second-order valence-corrected chi connectivity index (χ2v) is 14.3. The van der Waals surface area contributed by atoms with Crippen LogP contribution in [0.3, 0.4) is 0 Å². The number of benzene rings is 8. The van der Waals surface area contributed by atoms with E-state index in [1.807, 2.05) is 18.2 Å². The number of hydrogen-bond donors (Lipinski definition) is 0. The third kappa shape index (κ3) is 5.25. The van der Waals surface area contributed by atoms with Crippen molar-refractivity contribution >= 4 is 43.7 Å². The highest BCUT2D eigenvalue weighted by atomic mass is 16.3. The summed E-state index contributed by atoms with van der Waals surface area (Å²) in [6.45, 7) is 0. The van der Waals surface area contributed by atoms with E-state index in [-0.39, 0.29) is 0 Å². The maximum Gasteiger partial charge on any atom is 0.143 e. The zero-order valence-corrected chi connectivity index (χ0v) is 30.4. The fraction of sp³-hybridized carbons (Fsp3) is 0. The number of furan rings is 1. The predicted octanol–water partition coefficient (Wildman–Crippen LogP) is 14.4. The zero-order chi connectivity index (χ0) is 37.0. The maximum atomic E-state index is 6.55. The molecule has 0 fully saturated rings. The van der Waals surface area contributed by atoms with Gasteiger partial charge in [-0.25, -0.2) is 4.98 Å². The number of nitrogens with zero attached hydrogens (tertiary/aromatic N) is 2. The van der Waals surface area contributed by atoms with Gasteiger partial charge in [-0.05, 0) is 64.7 Å². The summed E-state index contributed by atoms with van der Waals surface area (Å²) in [5.41, 5.74) is 16.1. The van der Waals surface area contributed by atoms with Crippen LogP contribution >= 0.6 is 0 Å². The van der Waals surface area contributed by atoms with E-state index in [1.165, 1.54) is 10.8 Å². The van der Waals surface area contributed by atoms with Gasteiger partial charge in [0.15, 0.2) is 0 Å². The molecule has 3 aromatic heterocycles. The largest absolute Gasteiger partial charge is 0.455 e. The summed E-state index contributed by atoms with van der Waals surface area (Å²) in [5.74, 6) is 0. The van der Waals surface area contributed by atoms with Crippen LogP contribution in [0.25, 0.3) is 105 Å². The Morgan fingerprint density at radius 2 is 0.946 bits per heavy atom. The van der Waals surface area contributed by atoms with Crippen LogP contribution in [0.5, 0.6) is 0 Å². The fourth-order valence-electron chi connectivity index (χ4n) is 8.44. The minimum absolute atomic E-state index is 0.899. The maximum absolute atomic E-state index is 6.55. The van der Waals surface area contributed by atoms with E-state index in [1.54, 1.807) is 0 Å². The smallest absolute Gasteiger partial charge is 0.143 e. The molecule has 0 saturated heterocycles. The minimum atomic E-state index is 0.899. The van der Waals surface area contributed by atoms with Crippen LogP contribution in [0.1, 0.15) is 0 Å². The van der Waals surface area contributed by atoms with Crippen molar-refractivity contribution in [2.45, 2.75) is 0 Å². The average Bonchev–Trinajstić information content (AvgIpc) is 3.82. The van der Waals surface area contributed by atoms with E-state index in [9.17, 15) is 0 Å².